The lowest BCUT2D eigenvalue weighted by Gasteiger charge is -2.18. The van der Waals surface area contributed by atoms with Gasteiger partial charge in [0, 0.05) is 6.54 Å². The highest BCUT2D eigenvalue weighted by molar-refractivity contribution is 5.27. The predicted molar refractivity (Wildman–Crippen MR) is 48.7 cm³/mol. The summed E-state index contributed by atoms with van der Waals surface area (Å²) in [6.45, 7) is 3.47. The number of nitrogens with two attached hydrogens (primary N) is 1. The van der Waals surface area contributed by atoms with Crippen molar-refractivity contribution >= 4 is 0 Å². The van der Waals surface area contributed by atoms with Crippen molar-refractivity contribution in [3.63, 3.8) is 0 Å². The van der Waals surface area contributed by atoms with Crippen LogP contribution in [0.3, 0.4) is 0 Å². The largest absolute Gasteiger partial charge is 0.327 e. The van der Waals surface area contributed by atoms with E-state index in [9.17, 15) is 4.39 Å². The van der Waals surface area contributed by atoms with Gasteiger partial charge in [-0.15, -0.1) is 0 Å². The molecule has 0 fully saturated rings. The fourth-order valence-electron chi connectivity index (χ4n) is 1.09. The summed E-state index contributed by atoms with van der Waals surface area (Å²) < 4.78 is 13.6. The van der Waals surface area contributed by atoms with Gasteiger partial charge in [0.25, 0.3) is 0 Å². The second-order valence-corrected chi connectivity index (χ2v) is 3.27. The Kier molecular flexibility index (Phi) is 2.48. The Morgan fingerprint density at radius 3 is 2.67 bits per heavy atom. The molecule has 2 heteroatoms. The van der Waals surface area contributed by atoms with E-state index < -0.39 is 5.67 Å². The van der Waals surface area contributed by atoms with E-state index in [-0.39, 0.29) is 6.54 Å². The van der Waals surface area contributed by atoms with E-state index in [1.807, 2.05) is 25.1 Å². The zero-order valence-electron chi connectivity index (χ0n) is 7.47. The third-order valence-corrected chi connectivity index (χ3v) is 2.00. The highest BCUT2D eigenvalue weighted by Crippen LogP contribution is 2.24. The maximum atomic E-state index is 13.6. The van der Waals surface area contributed by atoms with Crippen molar-refractivity contribution in [1.82, 2.24) is 0 Å². The van der Waals surface area contributed by atoms with Crippen LogP contribution in [0.4, 0.5) is 4.39 Å². The summed E-state index contributed by atoms with van der Waals surface area (Å²) in [4.78, 5) is 0. The third-order valence-electron chi connectivity index (χ3n) is 2.00. The van der Waals surface area contributed by atoms with Crippen molar-refractivity contribution in [1.29, 1.82) is 0 Å². The smallest absolute Gasteiger partial charge is 0.145 e. The zero-order chi connectivity index (χ0) is 9.19. The van der Waals surface area contributed by atoms with E-state index in [2.05, 4.69) is 0 Å². The van der Waals surface area contributed by atoms with E-state index in [1.165, 1.54) is 6.92 Å². The minimum Gasteiger partial charge on any atom is -0.327 e. The number of hydrogen-bond donors (Lipinski definition) is 1. The Morgan fingerprint density at radius 1 is 1.50 bits per heavy atom. The van der Waals surface area contributed by atoms with E-state index in [0.29, 0.717) is 5.56 Å². The summed E-state index contributed by atoms with van der Waals surface area (Å²) in [5.74, 6) is 0. The molecule has 66 valence electrons. The maximum Gasteiger partial charge on any atom is 0.145 e. The Balaban J connectivity index is 3.03. The fourth-order valence-corrected chi connectivity index (χ4v) is 1.09. The summed E-state index contributed by atoms with van der Waals surface area (Å²) in [7, 11) is 0. The molecule has 0 amide bonds. The molecule has 0 aliphatic carbocycles. The molecule has 0 aliphatic heterocycles. The standard InChI is InChI=1S/C10H14FN/c1-8-4-3-5-9(6-8)10(2,11)7-12/h3-6H,7,12H2,1-2H3/t10-/m1/s1. The van der Waals surface area contributed by atoms with Crippen LogP contribution in [0.1, 0.15) is 18.1 Å². The van der Waals surface area contributed by atoms with Gasteiger partial charge in [0.2, 0.25) is 0 Å². The van der Waals surface area contributed by atoms with Gasteiger partial charge >= 0.3 is 0 Å². The maximum absolute atomic E-state index is 13.6. The normalized spacial score (nSPS) is 15.7. The van der Waals surface area contributed by atoms with Crippen LogP contribution >= 0.6 is 0 Å². The Bertz CT molecular complexity index is 268. The second kappa shape index (κ2) is 3.23. The van der Waals surface area contributed by atoms with Crippen molar-refractivity contribution in [2.24, 2.45) is 5.73 Å². The zero-order valence-corrected chi connectivity index (χ0v) is 7.47. The molecule has 0 bridgehead atoms. The van der Waals surface area contributed by atoms with Gasteiger partial charge in [-0.3, -0.25) is 0 Å². The summed E-state index contributed by atoms with van der Waals surface area (Å²) in [5, 5.41) is 0. The van der Waals surface area contributed by atoms with Crippen LogP contribution in [-0.2, 0) is 5.67 Å². The molecule has 0 saturated heterocycles. The van der Waals surface area contributed by atoms with Gasteiger partial charge in [0.05, 0.1) is 0 Å². The molecule has 1 rings (SSSR count). The van der Waals surface area contributed by atoms with Crippen LogP contribution in [0.25, 0.3) is 0 Å². The minimum absolute atomic E-state index is 0.0243. The first-order valence-electron chi connectivity index (χ1n) is 4.02. The molecule has 1 aromatic rings. The van der Waals surface area contributed by atoms with Gasteiger partial charge in [-0.05, 0) is 19.4 Å². The minimum atomic E-state index is -1.40. The number of hydrogen-bond acceptors (Lipinski definition) is 1. The lowest BCUT2D eigenvalue weighted by atomic mass is 9.97. The first kappa shape index (κ1) is 9.20. The highest BCUT2D eigenvalue weighted by atomic mass is 19.1. The summed E-state index contributed by atoms with van der Waals surface area (Å²) in [6, 6.07) is 7.38. The summed E-state index contributed by atoms with van der Waals surface area (Å²) >= 11 is 0. The van der Waals surface area contributed by atoms with Gasteiger partial charge in [0.1, 0.15) is 5.67 Å². The second-order valence-electron chi connectivity index (χ2n) is 3.27. The average molecular weight is 167 g/mol. The van der Waals surface area contributed by atoms with Crippen LogP contribution in [0.2, 0.25) is 0 Å². The van der Waals surface area contributed by atoms with Crippen LogP contribution in [0.15, 0.2) is 24.3 Å². The van der Waals surface area contributed by atoms with E-state index in [4.69, 9.17) is 5.73 Å². The van der Waals surface area contributed by atoms with Crippen molar-refractivity contribution in [3.8, 4) is 0 Å². The molecule has 0 heterocycles. The molecular weight excluding hydrogens is 153 g/mol. The van der Waals surface area contributed by atoms with E-state index in [1.54, 1.807) is 6.07 Å². The van der Waals surface area contributed by atoms with Crippen molar-refractivity contribution in [2.45, 2.75) is 19.5 Å². The number of halogens is 1. The molecule has 1 aromatic carbocycles. The van der Waals surface area contributed by atoms with Gasteiger partial charge in [-0.2, -0.15) is 0 Å². The van der Waals surface area contributed by atoms with E-state index >= 15 is 0 Å². The van der Waals surface area contributed by atoms with E-state index in [0.717, 1.165) is 5.56 Å². The lowest BCUT2D eigenvalue weighted by molar-refractivity contribution is 0.203. The Labute approximate surface area is 72.4 Å². The van der Waals surface area contributed by atoms with Gasteiger partial charge in [0.15, 0.2) is 0 Å². The van der Waals surface area contributed by atoms with Gasteiger partial charge in [-0.1, -0.05) is 29.8 Å². The lowest BCUT2D eigenvalue weighted by Crippen LogP contribution is -2.26. The first-order valence-corrected chi connectivity index (χ1v) is 4.02. The molecule has 1 nitrogen and oxygen atoms in total. The summed E-state index contributed by atoms with van der Waals surface area (Å²) in [6.07, 6.45) is 0. The fraction of sp³-hybridized carbons (Fsp3) is 0.400. The number of alkyl halides is 1. The molecule has 0 spiro atoms. The molecule has 2 N–H and O–H groups in total. The molecule has 12 heavy (non-hydrogen) atoms. The molecule has 0 aromatic heterocycles. The van der Waals surface area contributed by atoms with Crippen LogP contribution in [0, 0.1) is 6.92 Å². The number of rotatable bonds is 2. The quantitative estimate of drug-likeness (QED) is 0.717. The highest BCUT2D eigenvalue weighted by Gasteiger charge is 2.23. The first-order chi connectivity index (χ1) is 5.56. The van der Waals surface area contributed by atoms with Crippen LogP contribution in [-0.4, -0.2) is 6.54 Å². The summed E-state index contributed by atoms with van der Waals surface area (Å²) in [5.41, 5.74) is 5.63. The average Bonchev–Trinajstić information content (AvgIpc) is 2.05. The molecule has 0 unspecified atom stereocenters. The Hall–Kier alpha value is -0.890. The topological polar surface area (TPSA) is 26.0 Å². The van der Waals surface area contributed by atoms with Crippen molar-refractivity contribution in [3.05, 3.63) is 35.4 Å². The number of benzene rings is 1. The van der Waals surface area contributed by atoms with Gasteiger partial charge in [-0.25, -0.2) is 4.39 Å². The molecule has 0 radical (unpaired) electrons. The molecule has 0 saturated carbocycles. The van der Waals surface area contributed by atoms with Gasteiger partial charge < -0.3 is 5.73 Å². The number of aryl methyl sites for hydroxylation is 1. The van der Waals surface area contributed by atoms with Crippen molar-refractivity contribution in [2.75, 3.05) is 6.54 Å². The predicted octanol–water partition coefficient (Wildman–Crippen LogP) is 2.14. The molecule has 1 atom stereocenters. The third kappa shape index (κ3) is 1.83. The molecular formula is C10H14FN. The van der Waals surface area contributed by atoms with Crippen LogP contribution in [0.5, 0.6) is 0 Å². The SMILES string of the molecule is Cc1cccc([C@](C)(F)CN)c1. The Morgan fingerprint density at radius 2 is 2.17 bits per heavy atom. The van der Waals surface area contributed by atoms with Crippen molar-refractivity contribution < 1.29 is 4.39 Å². The molecule has 0 aliphatic rings. The monoisotopic (exact) mass is 167 g/mol. The van der Waals surface area contributed by atoms with Crippen LogP contribution < -0.4 is 5.73 Å².